The van der Waals surface area contributed by atoms with E-state index in [-0.39, 0.29) is 0 Å². The van der Waals surface area contributed by atoms with Crippen molar-refractivity contribution in [1.29, 1.82) is 0 Å². The van der Waals surface area contributed by atoms with Gasteiger partial charge in [-0.05, 0) is 38.0 Å². The van der Waals surface area contributed by atoms with Gasteiger partial charge in [0.25, 0.3) is 0 Å². The average Bonchev–Trinajstić information content (AvgIpc) is 2.58. The van der Waals surface area contributed by atoms with Gasteiger partial charge in [-0.25, -0.2) is 4.98 Å². The van der Waals surface area contributed by atoms with E-state index in [1.807, 2.05) is 12.1 Å². The Hall–Kier alpha value is -1.35. The third kappa shape index (κ3) is 2.61. The van der Waals surface area contributed by atoms with Crippen LogP contribution < -0.4 is 5.73 Å². The molecular formula is C13H16N2S. The predicted octanol–water partition coefficient (Wildman–Crippen LogP) is 3.13. The van der Waals surface area contributed by atoms with Gasteiger partial charge in [0.15, 0.2) is 0 Å². The van der Waals surface area contributed by atoms with Crippen molar-refractivity contribution in [3.8, 4) is 0 Å². The maximum atomic E-state index is 5.65. The van der Waals surface area contributed by atoms with E-state index >= 15 is 0 Å². The molecule has 0 aliphatic heterocycles. The Balaban J connectivity index is 1.99. The maximum absolute atomic E-state index is 5.65. The van der Waals surface area contributed by atoms with Gasteiger partial charge in [-0.15, -0.1) is 11.3 Å². The van der Waals surface area contributed by atoms with Crippen molar-refractivity contribution >= 4 is 17.0 Å². The molecule has 84 valence electrons. The van der Waals surface area contributed by atoms with Crippen LogP contribution in [0.2, 0.25) is 0 Å². The Labute approximate surface area is 100 Å². The molecule has 0 bridgehead atoms. The molecule has 1 aromatic heterocycles. The van der Waals surface area contributed by atoms with Crippen LogP contribution in [0.5, 0.6) is 0 Å². The van der Waals surface area contributed by atoms with Crippen LogP contribution in [0.15, 0.2) is 24.3 Å². The van der Waals surface area contributed by atoms with E-state index in [2.05, 4.69) is 31.0 Å². The van der Waals surface area contributed by atoms with E-state index in [0.717, 1.165) is 24.2 Å². The van der Waals surface area contributed by atoms with E-state index in [4.69, 9.17) is 5.73 Å². The van der Waals surface area contributed by atoms with E-state index < -0.39 is 0 Å². The topological polar surface area (TPSA) is 38.9 Å². The molecule has 3 heteroatoms. The van der Waals surface area contributed by atoms with E-state index in [0.29, 0.717) is 0 Å². The van der Waals surface area contributed by atoms with E-state index in [9.17, 15) is 0 Å². The highest BCUT2D eigenvalue weighted by molar-refractivity contribution is 7.11. The molecular weight excluding hydrogens is 216 g/mol. The van der Waals surface area contributed by atoms with Crippen molar-refractivity contribution in [1.82, 2.24) is 4.98 Å². The molecule has 2 rings (SSSR count). The van der Waals surface area contributed by atoms with Crippen LogP contribution in [-0.4, -0.2) is 4.98 Å². The van der Waals surface area contributed by atoms with Gasteiger partial charge in [0.2, 0.25) is 0 Å². The van der Waals surface area contributed by atoms with Gasteiger partial charge in [-0.2, -0.15) is 0 Å². The van der Waals surface area contributed by atoms with Crippen LogP contribution in [0.1, 0.15) is 21.1 Å². The molecule has 0 unspecified atom stereocenters. The third-order valence-electron chi connectivity index (χ3n) is 2.68. The molecule has 0 aliphatic rings. The zero-order valence-electron chi connectivity index (χ0n) is 9.66. The van der Waals surface area contributed by atoms with Gasteiger partial charge in [0.1, 0.15) is 0 Å². The Kier molecular flexibility index (Phi) is 3.25. The Morgan fingerprint density at radius 2 is 1.81 bits per heavy atom. The summed E-state index contributed by atoms with van der Waals surface area (Å²) in [7, 11) is 0. The first-order chi connectivity index (χ1) is 7.65. The molecule has 16 heavy (non-hydrogen) atoms. The van der Waals surface area contributed by atoms with Crippen molar-refractivity contribution in [2.24, 2.45) is 0 Å². The molecule has 0 saturated carbocycles. The number of nitrogens with two attached hydrogens (primary N) is 1. The number of nitrogens with zero attached hydrogens (tertiary/aromatic N) is 1. The minimum absolute atomic E-state index is 0.824. The van der Waals surface area contributed by atoms with Gasteiger partial charge in [-0.3, -0.25) is 0 Å². The Bertz CT molecular complexity index is 452. The zero-order chi connectivity index (χ0) is 11.5. The lowest BCUT2D eigenvalue weighted by atomic mass is 10.1. The van der Waals surface area contributed by atoms with Crippen LogP contribution in [-0.2, 0) is 12.8 Å². The molecule has 0 fully saturated rings. The predicted molar refractivity (Wildman–Crippen MR) is 69.9 cm³/mol. The summed E-state index contributed by atoms with van der Waals surface area (Å²) in [5.41, 5.74) is 8.95. The smallest absolute Gasteiger partial charge is 0.0934 e. The zero-order valence-corrected chi connectivity index (χ0v) is 10.5. The molecule has 0 saturated heterocycles. The van der Waals surface area contributed by atoms with Crippen molar-refractivity contribution in [2.45, 2.75) is 26.7 Å². The molecule has 0 atom stereocenters. The quantitative estimate of drug-likeness (QED) is 0.826. The van der Waals surface area contributed by atoms with Crippen molar-refractivity contribution in [3.63, 3.8) is 0 Å². The Morgan fingerprint density at radius 1 is 1.12 bits per heavy atom. The van der Waals surface area contributed by atoms with Crippen molar-refractivity contribution in [2.75, 3.05) is 5.73 Å². The molecule has 0 amide bonds. The average molecular weight is 232 g/mol. The van der Waals surface area contributed by atoms with Gasteiger partial charge in [0, 0.05) is 17.0 Å². The number of benzene rings is 1. The number of aryl methyl sites for hydroxylation is 4. The summed E-state index contributed by atoms with van der Waals surface area (Å²) in [5, 5.41) is 1.23. The summed E-state index contributed by atoms with van der Waals surface area (Å²) >= 11 is 1.80. The first-order valence-corrected chi connectivity index (χ1v) is 6.24. The minimum atomic E-state index is 0.824. The second-order valence-electron chi connectivity index (χ2n) is 3.99. The second-order valence-corrected chi connectivity index (χ2v) is 5.28. The molecule has 2 aromatic rings. The first kappa shape index (κ1) is 11.1. The summed E-state index contributed by atoms with van der Waals surface area (Å²) in [4.78, 5) is 5.86. The highest BCUT2D eigenvalue weighted by Crippen LogP contribution is 2.18. The number of aromatic nitrogens is 1. The standard InChI is InChI=1S/C13H16N2S/c1-9-10(2)16-13(15-9)8-5-11-3-6-12(14)7-4-11/h3-4,6-7H,5,8,14H2,1-2H3. The lowest BCUT2D eigenvalue weighted by Crippen LogP contribution is -1.91. The fourth-order valence-corrected chi connectivity index (χ4v) is 2.52. The lowest BCUT2D eigenvalue weighted by Gasteiger charge is -1.99. The molecule has 1 aromatic carbocycles. The summed E-state index contributed by atoms with van der Waals surface area (Å²) in [6, 6.07) is 8.08. The highest BCUT2D eigenvalue weighted by Gasteiger charge is 2.03. The number of rotatable bonds is 3. The van der Waals surface area contributed by atoms with Crippen molar-refractivity contribution < 1.29 is 0 Å². The van der Waals surface area contributed by atoms with E-state index in [1.54, 1.807) is 11.3 Å². The normalized spacial score (nSPS) is 10.6. The van der Waals surface area contributed by atoms with Gasteiger partial charge >= 0.3 is 0 Å². The largest absolute Gasteiger partial charge is 0.399 e. The van der Waals surface area contributed by atoms with Gasteiger partial charge in [-0.1, -0.05) is 12.1 Å². The van der Waals surface area contributed by atoms with Gasteiger partial charge in [0.05, 0.1) is 10.7 Å². The number of nitrogen functional groups attached to an aromatic ring is 1. The maximum Gasteiger partial charge on any atom is 0.0934 e. The van der Waals surface area contributed by atoms with Gasteiger partial charge < -0.3 is 5.73 Å². The molecule has 0 radical (unpaired) electrons. The molecule has 2 N–H and O–H groups in total. The van der Waals surface area contributed by atoms with E-state index in [1.165, 1.54) is 15.4 Å². The number of anilines is 1. The highest BCUT2D eigenvalue weighted by atomic mass is 32.1. The number of hydrogen-bond donors (Lipinski definition) is 1. The molecule has 2 nitrogen and oxygen atoms in total. The van der Waals surface area contributed by atoms with Crippen molar-refractivity contribution in [3.05, 3.63) is 45.4 Å². The van der Waals surface area contributed by atoms with Crippen LogP contribution in [0, 0.1) is 13.8 Å². The summed E-state index contributed by atoms with van der Waals surface area (Å²) in [6.07, 6.45) is 2.05. The lowest BCUT2D eigenvalue weighted by molar-refractivity contribution is 0.936. The van der Waals surface area contributed by atoms with Crippen LogP contribution in [0.4, 0.5) is 5.69 Å². The molecule has 0 spiro atoms. The first-order valence-electron chi connectivity index (χ1n) is 5.42. The van der Waals surface area contributed by atoms with Crippen LogP contribution in [0.25, 0.3) is 0 Å². The summed E-state index contributed by atoms with van der Waals surface area (Å²) in [6.45, 7) is 4.19. The SMILES string of the molecule is Cc1nc(CCc2ccc(N)cc2)sc1C. The van der Waals surface area contributed by atoms with Crippen LogP contribution >= 0.6 is 11.3 Å². The number of thiazole rings is 1. The molecule has 1 heterocycles. The number of hydrogen-bond acceptors (Lipinski definition) is 3. The molecule has 0 aliphatic carbocycles. The summed E-state index contributed by atoms with van der Waals surface area (Å²) < 4.78 is 0. The fourth-order valence-electron chi connectivity index (χ4n) is 1.58. The summed E-state index contributed by atoms with van der Waals surface area (Å²) in [5.74, 6) is 0. The monoisotopic (exact) mass is 232 g/mol. The Morgan fingerprint density at radius 3 is 2.38 bits per heavy atom. The minimum Gasteiger partial charge on any atom is -0.399 e. The third-order valence-corrected chi connectivity index (χ3v) is 3.81. The fraction of sp³-hybridized carbons (Fsp3) is 0.308. The second kappa shape index (κ2) is 4.66. The van der Waals surface area contributed by atoms with Crippen LogP contribution in [0.3, 0.4) is 0 Å².